The largest absolute Gasteiger partial charge is 0.391 e. The Balaban J connectivity index is 2.07. The van der Waals surface area contributed by atoms with E-state index in [9.17, 15) is 9.90 Å². The van der Waals surface area contributed by atoms with E-state index >= 15 is 0 Å². The fourth-order valence-electron chi connectivity index (χ4n) is 2.62. The third-order valence-electron chi connectivity index (χ3n) is 4.35. The molecule has 1 amide bonds. The standard InChI is InChI=1S/C19H30N2O2/c1-13-15(7-6-8-16(13)20-12-19(2,3)4)18(23)21(5)11-17(22)14-9-10-14/h6-8,14,17,20,22H,9-12H2,1-5H3. The molecule has 1 aliphatic carbocycles. The van der Waals surface area contributed by atoms with Gasteiger partial charge in [0, 0.05) is 31.4 Å². The Bertz CT molecular complexity index is 559. The molecule has 1 aliphatic rings. The number of carbonyl (C=O) groups excluding carboxylic acids is 1. The van der Waals surface area contributed by atoms with Crippen molar-refractivity contribution in [3.63, 3.8) is 0 Å². The molecule has 1 saturated carbocycles. The molecule has 0 aliphatic heterocycles. The number of amides is 1. The first-order chi connectivity index (χ1) is 10.7. The van der Waals surface area contributed by atoms with Gasteiger partial charge in [-0.3, -0.25) is 4.79 Å². The molecule has 4 heteroatoms. The third kappa shape index (κ3) is 4.96. The van der Waals surface area contributed by atoms with Crippen LogP contribution in [0.25, 0.3) is 0 Å². The molecular weight excluding hydrogens is 288 g/mol. The maximum atomic E-state index is 12.7. The first kappa shape index (κ1) is 17.8. The van der Waals surface area contributed by atoms with E-state index in [1.165, 1.54) is 0 Å². The highest BCUT2D eigenvalue weighted by molar-refractivity contribution is 5.96. The van der Waals surface area contributed by atoms with Gasteiger partial charge in [-0.1, -0.05) is 26.8 Å². The average molecular weight is 318 g/mol. The lowest BCUT2D eigenvalue weighted by Gasteiger charge is -2.24. The zero-order chi connectivity index (χ0) is 17.2. The van der Waals surface area contributed by atoms with E-state index in [4.69, 9.17) is 0 Å². The number of rotatable bonds is 6. The van der Waals surface area contributed by atoms with E-state index in [-0.39, 0.29) is 11.3 Å². The molecule has 1 atom stereocenters. The Labute approximate surface area is 139 Å². The number of aliphatic hydroxyl groups excluding tert-OH is 1. The maximum absolute atomic E-state index is 12.7. The molecule has 1 fully saturated rings. The summed E-state index contributed by atoms with van der Waals surface area (Å²) in [5, 5.41) is 13.5. The van der Waals surface area contributed by atoms with Crippen molar-refractivity contribution in [3.05, 3.63) is 29.3 Å². The van der Waals surface area contributed by atoms with Crippen molar-refractivity contribution in [1.29, 1.82) is 0 Å². The number of aliphatic hydroxyl groups is 1. The summed E-state index contributed by atoms with van der Waals surface area (Å²) >= 11 is 0. The van der Waals surface area contributed by atoms with Gasteiger partial charge < -0.3 is 15.3 Å². The van der Waals surface area contributed by atoms with E-state index in [1.807, 2.05) is 25.1 Å². The van der Waals surface area contributed by atoms with Gasteiger partial charge in [0.25, 0.3) is 5.91 Å². The van der Waals surface area contributed by atoms with Crippen molar-refractivity contribution in [3.8, 4) is 0 Å². The second kappa shape index (κ2) is 6.91. The van der Waals surface area contributed by atoms with Crippen LogP contribution >= 0.6 is 0 Å². The number of benzene rings is 1. The van der Waals surface area contributed by atoms with Crippen LogP contribution in [0.2, 0.25) is 0 Å². The van der Waals surface area contributed by atoms with Crippen LogP contribution in [0, 0.1) is 18.3 Å². The normalized spacial score (nSPS) is 16.1. The third-order valence-corrected chi connectivity index (χ3v) is 4.35. The quantitative estimate of drug-likeness (QED) is 0.846. The van der Waals surface area contributed by atoms with Crippen molar-refractivity contribution in [2.75, 3.05) is 25.5 Å². The van der Waals surface area contributed by atoms with Crippen LogP contribution in [0.5, 0.6) is 0 Å². The Morgan fingerprint density at radius 3 is 2.61 bits per heavy atom. The second-order valence-corrected chi connectivity index (χ2v) is 7.98. The second-order valence-electron chi connectivity index (χ2n) is 7.98. The van der Waals surface area contributed by atoms with E-state index in [1.54, 1.807) is 11.9 Å². The number of carbonyl (C=O) groups is 1. The van der Waals surface area contributed by atoms with E-state index in [2.05, 4.69) is 26.1 Å². The van der Waals surface area contributed by atoms with Crippen LogP contribution in [0.3, 0.4) is 0 Å². The fraction of sp³-hybridized carbons (Fsp3) is 0.632. The highest BCUT2D eigenvalue weighted by Crippen LogP contribution is 2.33. The van der Waals surface area contributed by atoms with Gasteiger partial charge in [-0.15, -0.1) is 0 Å². The summed E-state index contributed by atoms with van der Waals surface area (Å²) < 4.78 is 0. The topological polar surface area (TPSA) is 52.6 Å². The predicted molar refractivity (Wildman–Crippen MR) is 94.8 cm³/mol. The predicted octanol–water partition coefficient (Wildman–Crippen LogP) is 3.30. The van der Waals surface area contributed by atoms with Crippen LogP contribution in [0.15, 0.2) is 18.2 Å². The van der Waals surface area contributed by atoms with Gasteiger partial charge in [-0.25, -0.2) is 0 Å². The molecule has 4 nitrogen and oxygen atoms in total. The van der Waals surface area contributed by atoms with E-state index in [0.29, 0.717) is 18.0 Å². The Kier molecular flexibility index (Phi) is 5.35. The highest BCUT2D eigenvalue weighted by atomic mass is 16.3. The van der Waals surface area contributed by atoms with Gasteiger partial charge in [-0.2, -0.15) is 0 Å². The van der Waals surface area contributed by atoms with Gasteiger partial charge in [0.15, 0.2) is 0 Å². The minimum atomic E-state index is -0.397. The summed E-state index contributed by atoms with van der Waals surface area (Å²) in [5.41, 5.74) is 2.85. The Morgan fingerprint density at radius 1 is 1.39 bits per heavy atom. The molecule has 128 valence electrons. The number of nitrogens with zero attached hydrogens (tertiary/aromatic N) is 1. The number of likely N-dealkylation sites (N-methyl/N-ethyl adjacent to an activating group) is 1. The van der Waals surface area contributed by atoms with Crippen LogP contribution in [0.1, 0.15) is 49.5 Å². The molecule has 2 rings (SSSR count). The van der Waals surface area contributed by atoms with Crippen LogP contribution in [-0.4, -0.2) is 42.2 Å². The van der Waals surface area contributed by atoms with Crippen molar-refractivity contribution >= 4 is 11.6 Å². The van der Waals surface area contributed by atoms with Crippen molar-refractivity contribution in [2.45, 2.75) is 46.6 Å². The minimum Gasteiger partial charge on any atom is -0.391 e. The number of hydrogen-bond donors (Lipinski definition) is 2. The molecule has 1 unspecified atom stereocenters. The summed E-state index contributed by atoms with van der Waals surface area (Å²) in [7, 11) is 1.77. The summed E-state index contributed by atoms with van der Waals surface area (Å²) in [6.07, 6.45) is 1.76. The Hall–Kier alpha value is -1.55. The fourth-order valence-corrected chi connectivity index (χ4v) is 2.62. The van der Waals surface area contributed by atoms with Gasteiger partial charge >= 0.3 is 0 Å². The summed E-state index contributed by atoms with van der Waals surface area (Å²) in [6.45, 7) is 9.76. The van der Waals surface area contributed by atoms with Crippen molar-refractivity contribution < 1.29 is 9.90 Å². The molecule has 0 heterocycles. The number of hydrogen-bond acceptors (Lipinski definition) is 3. The van der Waals surface area contributed by atoms with Crippen LogP contribution < -0.4 is 5.32 Å². The lowest BCUT2D eigenvalue weighted by molar-refractivity contribution is 0.0645. The number of anilines is 1. The monoisotopic (exact) mass is 318 g/mol. The molecule has 0 spiro atoms. The van der Waals surface area contributed by atoms with Gasteiger partial charge in [0.1, 0.15) is 0 Å². The summed E-state index contributed by atoms with van der Waals surface area (Å²) in [4.78, 5) is 14.3. The lowest BCUT2D eigenvalue weighted by Crippen LogP contribution is -2.35. The molecular formula is C19H30N2O2. The van der Waals surface area contributed by atoms with E-state index in [0.717, 1.165) is 30.6 Å². The first-order valence-electron chi connectivity index (χ1n) is 8.46. The molecule has 0 bridgehead atoms. The van der Waals surface area contributed by atoms with Crippen LogP contribution in [-0.2, 0) is 0 Å². The molecule has 23 heavy (non-hydrogen) atoms. The molecule has 0 radical (unpaired) electrons. The SMILES string of the molecule is Cc1c(NCC(C)(C)C)cccc1C(=O)N(C)CC(O)C1CC1. The number of nitrogens with one attached hydrogen (secondary N) is 1. The van der Waals surface area contributed by atoms with Gasteiger partial charge in [-0.05, 0) is 48.8 Å². The summed E-state index contributed by atoms with van der Waals surface area (Å²) in [5.74, 6) is 0.354. The van der Waals surface area contributed by atoms with E-state index < -0.39 is 6.10 Å². The molecule has 1 aromatic carbocycles. The first-order valence-corrected chi connectivity index (χ1v) is 8.46. The Morgan fingerprint density at radius 2 is 2.04 bits per heavy atom. The average Bonchev–Trinajstić information content (AvgIpc) is 3.29. The molecule has 2 N–H and O–H groups in total. The zero-order valence-corrected chi connectivity index (χ0v) is 15.0. The van der Waals surface area contributed by atoms with Gasteiger partial charge in [0.2, 0.25) is 0 Å². The zero-order valence-electron chi connectivity index (χ0n) is 15.0. The van der Waals surface area contributed by atoms with Gasteiger partial charge in [0.05, 0.1) is 6.10 Å². The maximum Gasteiger partial charge on any atom is 0.254 e. The lowest BCUT2D eigenvalue weighted by atomic mass is 9.96. The smallest absolute Gasteiger partial charge is 0.254 e. The molecule has 1 aromatic rings. The van der Waals surface area contributed by atoms with Crippen molar-refractivity contribution in [1.82, 2.24) is 4.90 Å². The summed E-state index contributed by atoms with van der Waals surface area (Å²) in [6, 6.07) is 5.78. The highest BCUT2D eigenvalue weighted by Gasteiger charge is 2.31. The van der Waals surface area contributed by atoms with Crippen LogP contribution in [0.4, 0.5) is 5.69 Å². The molecule has 0 saturated heterocycles. The minimum absolute atomic E-state index is 0.0263. The molecule has 0 aromatic heterocycles. The van der Waals surface area contributed by atoms with Crippen molar-refractivity contribution in [2.24, 2.45) is 11.3 Å².